The van der Waals surface area contributed by atoms with E-state index in [1.165, 1.54) is 16.8 Å². The van der Waals surface area contributed by atoms with Crippen LogP contribution in [0.2, 0.25) is 0 Å². The molecular weight excluding hydrogens is 204 g/mol. The molecule has 1 aromatic heterocycles. The minimum atomic E-state index is -0.757. The maximum Gasteiger partial charge on any atom is 0.321 e. The average molecular weight is 218 g/mol. The number of H-pyrrole nitrogens is 1. The van der Waals surface area contributed by atoms with Crippen LogP contribution in [0.4, 0.5) is 0 Å². The van der Waals surface area contributed by atoms with E-state index in [0.717, 1.165) is 18.5 Å². The second kappa shape index (κ2) is 3.49. The number of hydrogen-bond acceptors (Lipinski definition) is 2. The van der Waals surface area contributed by atoms with E-state index in [4.69, 9.17) is 5.11 Å². The molecule has 0 amide bonds. The molecule has 1 unspecified atom stereocenters. The topological polar surface area (TPSA) is 65.1 Å². The lowest BCUT2D eigenvalue weighted by molar-refractivity contribution is -0.139. The Hall–Kier alpha value is -1.55. The molecule has 0 saturated heterocycles. The van der Waals surface area contributed by atoms with E-state index in [2.05, 4.69) is 22.5 Å². The second-order valence-corrected chi connectivity index (χ2v) is 4.39. The Morgan fingerprint density at radius 3 is 3.12 bits per heavy atom. The standard InChI is InChI=1S/C12H14N2O2/c15-12(16)10-5-8-7-3-1-2-4-9(7)14-11(8)6-13-10/h2,4,10,13-14H,1,3,5-6H2,(H,15,16). The van der Waals surface area contributed by atoms with Crippen LogP contribution in [0.1, 0.15) is 28.9 Å². The number of fused-ring (bicyclic) bond motifs is 3. The molecule has 0 bridgehead atoms. The zero-order valence-corrected chi connectivity index (χ0v) is 8.92. The van der Waals surface area contributed by atoms with Crippen molar-refractivity contribution in [3.8, 4) is 0 Å². The van der Waals surface area contributed by atoms with Gasteiger partial charge < -0.3 is 10.1 Å². The summed E-state index contributed by atoms with van der Waals surface area (Å²) in [4.78, 5) is 14.3. The zero-order chi connectivity index (χ0) is 11.1. The molecule has 1 aromatic rings. The van der Waals surface area contributed by atoms with E-state index < -0.39 is 12.0 Å². The van der Waals surface area contributed by atoms with Crippen LogP contribution in [0.3, 0.4) is 0 Å². The van der Waals surface area contributed by atoms with Gasteiger partial charge in [0.05, 0.1) is 0 Å². The normalized spacial score (nSPS) is 22.6. The highest BCUT2D eigenvalue weighted by atomic mass is 16.4. The molecule has 3 rings (SSSR count). The molecule has 4 heteroatoms. The number of carboxylic acids is 1. The summed E-state index contributed by atoms with van der Waals surface area (Å²) in [7, 11) is 0. The summed E-state index contributed by atoms with van der Waals surface area (Å²) in [5, 5.41) is 12.0. The van der Waals surface area contributed by atoms with Crippen molar-refractivity contribution >= 4 is 12.0 Å². The van der Waals surface area contributed by atoms with Gasteiger partial charge in [0.2, 0.25) is 0 Å². The summed E-state index contributed by atoms with van der Waals surface area (Å²) in [5.41, 5.74) is 4.88. The molecule has 1 aliphatic carbocycles. The fourth-order valence-electron chi connectivity index (χ4n) is 2.59. The number of hydrogen-bond donors (Lipinski definition) is 3. The third kappa shape index (κ3) is 1.38. The number of rotatable bonds is 1. The largest absolute Gasteiger partial charge is 0.480 e. The monoisotopic (exact) mass is 218 g/mol. The van der Waals surface area contributed by atoms with Gasteiger partial charge in [0.25, 0.3) is 0 Å². The fraction of sp³-hybridized carbons (Fsp3) is 0.417. The van der Waals surface area contributed by atoms with Crippen molar-refractivity contribution in [3.05, 3.63) is 28.6 Å². The predicted molar refractivity (Wildman–Crippen MR) is 60.1 cm³/mol. The van der Waals surface area contributed by atoms with Crippen LogP contribution in [0, 0.1) is 0 Å². The van der Waals surface area contributed by atoms with Gasteiger partial charge in [0, 0.05) is 24.4 Å². The SMILES string of the molecule is O=C(O)C1Cc2c([nH]c3c2CCC=C3)CN1. The Bertz CT molecular complexity index is 474. The zero-order valence-electron chi connectivity index (χ0n) is 8.92. The van der Waals surface area contributed by atoms with Gasteiger partial charge in [-0.15, -0.1) is 0 Å². The first-order chi connectivity index (χ1) is 7.75. The third-order valence-corrected chi connectivity index (χ3v) is 3.42. The summed E-state index contributed by atoms with van der Waals surface area (Å²) < 4.78 is 0. The Kier molecular flexibility index (Phi) is 2.11. The second-order valence-electron chi connectivity index (χ2n) is 4.39. The summed E-state index contributed by atoms with van der Waals surface area (Å²) in [6, 6.07) is -0.432. The van der Waals surface area contributed by atoms with E-state index in [0.29, 0.717) is 13.0 Å². The van der Waals surface area contributed by atoms with Gasteiger partial charge in [0.1, 0.15) is 6.04 Å². The number of aromatic nitrogens is 1. The molecule has 2 heterocycles. The highest BCUT2D eigenvalue weighted by Crippen LogP contribution is 2.28. The number of carboxylic acid groups (broad SMARTS) is 1. The predicted octanol–water partition coefficient (Wildman–Crippen LogP) is 1.07. The van der Waals surface area contributed by atoms with Crippen molar-refractivity contribution in [2.24, 2.45) is 0 Å². The first kappa shape index (κ1) is 9.66. The third-order valence-electron chi connectivity index (χ3n) is 3.42. The van der Waals surface area contributed by atoms with Gasteiger partial charge >= 0.3 is 5.97 Å². The van der Waals surface area contributed by atoms with Crippen molar-refractivity contribution in [3.63, 3.8) is 0 Å². The molecule has 0 saturated carbocycles. The number of allylic oxidation sites excluding steroid dienone is 1. The Morgan fingerprint density at radius 2 is 2.31 bits per heavy atom. The summed E-state index contributed by atoms with van der Waals surface area (Å²) >= 11 is 0. The van der Waals surface area contributed by atoms with Crippen LogP contribution in [0.5, 0.6) is 0 Å². The Morgan fingerprint density at radius 1 is 1.44 bits per heavy atom. The van der Waals surface area contributed by atoms with Gasteiger partial charge in [-0.2, -0.15) is 0 Å². The van der Waals surface area contributed by atoms with Crippen molar-refractivity contribution in [1.82, 2.24) is 10.3 Å². The highest BCUT2D eigenvalue weighted by Gasteiger charge is 2.28. The highest BCUT2D eigenvalue weighted by molar-refractivity contribution is 5.75. The molecule has 2 aliphatic rings. The van der Waals surface area contributed by atoms with E-state index in [1.807, 2.05) is 0 Å². The number of carbonyl (C=O) groups is 1. The van der Waals surface area contributed by atoms with E-state index in [-0.39, 0.29) is 0 Å². The molecule has 1 aliphatic heterocycles. The van der Waals surface area contributed by atoms with E-state index in [1.54, 1.807) is 0 Å². The maximum atomic E-state index is 11.0. The first-order valence-corrected chi connectivity index (χ1v) is 5.61. The lowest BCUT2D eigenvalue weighted by atomic mass is 9.93. The van der Waals surface area contributed by atoms with Crippen LogP contribution in [-0.4, -0.2) is 22.1 Å². The van der Waals surface area contributed by atoms with Crippen molar-refractivity contribution in [2.75, 3.05) is 0 Å². The molecule has 84 valence electrons. The van der Waals surface area contributed by atoms with Gasteiger partial charge in [-0.25, -0.2) is 0 Å². The van der Waals surface area contributed by atoms with Crippen molar-refractivity contribution in [2.45, 2.75) is 31.8 Å². The molecule has 3 N–H and O–H groups in total. The molecule has 4 nitrogen and oxygen atoms in total. The van der Waals surface area contributed by atoms with Gasteiger partial charge in [0.15, 0.2) is 0 Å². The first-order valence-electron chi connectivity index (χ1n) is 5.61. The molecule has 0 fully saturated rings. The molecule has 1 atom stereocenters. The van der Waals surface area contributed by atoms with Crippen molar-refractivity contribution in [1.29, 1.82) is 0 Å². The molecule has 0 radical (unpaired) electrons. The molecule has 0 aromatic carbocycles. The van der Waals surface area contributed by atoms with Gasteiger partial charge in [-0.3, -0.25) is 10.1 Å². The van der Waals surface area contributed by atoms with Gasteiger partial charge in [-0.05, 0) is 30.0 Å². The lowest BCUT2D eigenvalue weighted by Crippen LogP contribution is -2.41. The van der Waals surface area contributed by atoms with E-state index in [9.17, 15) is 4.79 Å². The summed E-state index contributed by atoms with van der Waals surface area (Å²) in [5.74, 6) is -0.757. The number of aromatic amines is 1. The Balaban J connectivity index is 2.00. The maximum absolute atomic E-state index is 11.0. The number of aliphatic carboxylic acids is 1. The van der Waals surface area contributed by atoms with Crippen LogP contribution >= 0.6 is 0 Å². The quantitative estimate of drug-likeness (QED) is 0.660. The lowest BCUT2D eigenvalue weighted by Gasteiger charge is -2.21. The minimum Gasteiger partial charge on any atom is -0.480 e. The van der Waals surface area contributed by atoms with E-state index >= 15 is 0 Å². The molecular formula is C12H14N2O2. The van der Waals surface area contributed by atoms with Crippen LogP contribution < -0.4 is 5.32 Å². The Labute approximate surface area is 93.4 Å². The average Bonchev–Trinajstić information content (AvgIpc) is 2.66. The van der Waals surface area contributed by atoms with Crippen LogP contribution in [0.15, 0.2) is 6.08 Å². The smallest absolute Gasteiger partial charge is 0.321 e. The number of nitrogens with one attached hydrogen (secondary N) is 2. The molecule has 16 heavy (non-hydrogen) atoms. The summed E-state index contributed by atoms with van der Waals surface area (Å²) in [6.07, 6.45) is 6.95. The van der Waals surface area contributed by atoms with Crippen LogP contribution in [0.25, 0.3) is 6.08 Å². The minimum absolute atomic E-state index is 0.432. The van der Waals surface area contributed by atoms with Gasteiger partial charge in [-0.1, -0.05) is 6.08 Å². The summed E-state index contributed by atoms with van der Waals surface area (Å²) in [6.45, 7) is 0.632. The fourth-order valence-corrected chi connectivity index (χ4v) is 2.59. The molecule has 0 spiro atoms. The van der Waals surface area contributed by atoms with Crippen molar-refractivity contribution < 1.29 is 9.90 Å². The van der Waals surface area contributed by atoms with Crippen LogP contribution in [-0.2, 0) is 24.2 Å².